The number of piperazine rings is 1. The van der Waals surface area contributed by atoms with E-state index in [0.29, 0.717) is 5.95 Å². The smallest absolute Gasteiger partial charge is 0.220 e. The van der Waals surface area contributed by atoms with Crippen molar-refractivity contribution >= 4 is 11.6 Å². The van der Waals surface area contributed by atoms with Crippen LogP contribution in [0.2, 0.25) is 0 Å². The summed E-state index contributed by atoms with van der Waals surface area (Å²) in [6.45, 7) is 4.09. The second-order valence-corrected chi connectivity index (χ2v) is 5.12. The molecule has 0 unspecified atom stereocenters. The Morgan fingerprint density at radius 3 is 2.45 bits per heavy atom. The zero-order valence-electron chi connectivity index (χ0n) is 11.7. The normalized spacial score (nSPS) is 16.4. The summed E-state index contributed by atoms with van der Waals surface area (Å²) < 4.78 is 0. The molecular weight excluding hydrogens is 250 g/mol. The standard InChI is InChI=1S/C15H19N5/c1-19-7-9-20(10-8-19)13-11-17-15(16)18-14(13)12-5-3-2-4-6-12/h2-6,11H,7-10H2,1H3,(H2,16,17,18). The molecule has 5 nitrogen and oxygen atoms in total. The van der Waals surface area contributed by atoms with Crippen LogP contribution >= 0.6 is 0 Å². The maximum atomic E-state index is 5.77. The second kappa shape index (κ2) is 5.46. The van der Waals surface area contributed by atoms with Crippen LogP contribution < -0.4 is 10.6 Å². The fourth-order valence-electron chi connectivity index (χ4n) is 2.48. The number of benzene rings is 1. The largest absolute Gasteiger partial charge is 0.368 e. The molecule has 1 saturated heterocycles. The molecule has 1 aliphatic heterocycles. The Morgan fingerprint density at radius 2 is 1.75 bits per heavy atom. The lowest BCUT2D eigenvalue weighted by Crippen LogP contribution is -2.44. The summed E-state index contributed by atoms with van der Waals surface area (Å²) in [4.78, 5) is 13.3. The van der Waals surface area contributed by atoms with E-state index in [-0.39, 0.29) is 0 Å². The van der Waals surface area contributed by atoms with Crippen LogP contribution in [0.25, 0.3) is 11.3 Å². The fraction of sp³-hybridized carbons (Fsp3) is 0.333. The molecular formula is C15H19N5. The molecule has 0 atom stereocenters. The first-order valence-electron chi connectivity index (χ1n) is 6.85. The number of nitrogens with two attached hydrogens (primary N) is 1. The maximum Gasteiger partial charge on any atom is 0.220 e. The number of likely N-dealkylation sites (N-methyl/N-ethyl adjacent to an activating group) is 1. The summed E-state index contributed by atoms with van der Waals surface area (Å²) in [5.74, 6) is 0.321. The van der Waals surface area contributed by atoms with Gasteiger partial charge in [-0.25, -0.2) is 9.97 Å². The highest BCUT2D eigenvalue weighted by Crippen LogP contribution is 2.29. The minimum atomic E-state index is 0.321. The van der Waals surface area contributed by atoms with E-state index in [1.54, 1.807) is 0 Å². The van der Waals surface area contributed by atoms with Gasteiger partial charge in [0.1, 0.15) is 0 Å². The fourth-order valence-corrected chi connectivity index (χ4v) is 2.48. The van der Waals surface area contributed by atoms with Gasteiger partial charge in [-0.2, -0.15) is 0 Å². The van der Waals surface area contributed by atoms with Gasteiger partial charge >= 0.3 is 0 Å². The molecule has 2 N–H and O–H groups in total. The summed E-state index contributed by atoms with van der Waals surface area (Å²) in [6, 6.07) is 10.1. The van der Waals surface area contributed by atoms with Crippen LogP contribution in [0, 0.1) is 0 Å². The van der Waals surface area contributed by atoms with Crippen LogP contribution in [-0.4, -0.2) is 48.1 Å². The quantitative estimate of drug-likeness (QED) is 0.895. The van der Waals surface area contributed by atoms with Gasteiger partial charge < -0.3 is 15.5 Å². The van der Waals surface area contributed by atoms with Gasteiger partial charge in [0.25, 0.3) is 0 Å². The molecule has 3 rings (SSSR count). The van der Waals surface area contributed by atoms with Gasteiger partial charge in [0.15, 0.2) is 0 Å². The summed E-state index contributed by atoms with van der Waals surface area (Å²) in [5, 5.41) is 0. The van der Waals surface area contributed by atoms with Crippen LogP contribution in [0.15, 0.2) is 36.5 Å². The Bertz CT molecular complexity index is 576. The molecule has 0 radical (unpaired) electrons. The minimum Gasteiger partial charge on any atom is -0.368 e. The van der Waals surface area contributed by atoms with Crippen molar-refractivity contribution in [2.24, 2.45) is 0 Å². The van der Waals surface area contributed by atoms with Gasteiger partial charge in [-0.05, 0) is 7.05 Å². The summed E-state index contributed by atoms with van der Waals surface area (Å²) in [7, 11) is 2.15. The molecule has 2 heterocycles. The van der Waals surface area contributed by atoms with Crippen molar-refractivity contribution in [1.29, 1.82) is 0 Å². The van der Waals surface area contributed by atoms with Gasteiger partial charge in [-0.3, -0.25) is 0 Å². The predicted molar refractivity (Wildman–Crippen MR) is 81.6 cm³/mol. The number of nitrogens with zero attached hydrogens (tertiary/aromatic N) is 4. The Balaban J connectivity index is 1.99. The summed E-state index contributed by atoms with van der Waals surface area (Å²) in [5.41, 5.74) is 8.83. The monoisotopic (exact) mass is 269 g/mol. The molecule has 20 heavy (non-hydrogen) atoms. The third kappa shape index (κ3) is 2.58. The van der Waals surface area contributed by atoms with E-state index in [2.05, 4.69) is 38.9 Å². The average Bonchev–Trinajstić information content (AvgIpc) is 2.49. The summed E-state index contributed by atoms with van der Waals surface area (Å²) in [6.07, 6.45) is 1.84. The van der Waals surface area contributed by atoms with Crippen LogP contribution in [0.5, 0.6) is 0 Å². The number of nitrogen functional groups attached to an aromatic ring is 1. The Morgan fingerprint density at radius 1 is 1.05 bits per heavy atom. The highest BCUT2D eigenvalue weighted by molar-refractivity contribution is 5.75. The van der Waals surface area contributed by atoms with E-state index in [4.69, 9.17) is 5.73 Å². The first kappa shape index (κ1) is 12.9. The highest BCUT2D eigenvalue weighted by Gasteiger charge is 2.19. The molecule has 0 saturated carbocycles. The van der Waals surface area contributed by atoms with Crippen molar-refractivity contribution in [1.82, 2.24) is 14.9 Å². The zero-order valence-corrected chi connectivity index (χ0v) is 11.7. The molecule has 2 aromatic rings. The Labute approximate surface area is 119 Å². The van der Waals surface area contributed by atoms with Gasteiger partial charge in [0.2, 0.25) is 5.95 Å². The molecule has 0 aliphatic carbocycles. The van der Waals surface area contributed by atoms with E-state index in [0.717, 1.165) is 43.1 Å². The molecule has 1 fully saturated rings. The maximum absolute atomic E-state index is 5.77. The van der Waals surface area contributed by atoms with E-state index in [1.165, 1.54) is 0 Å². The molecule has 1 aromatic carbocycles. The van der Waals surface area contributed by atoms with Crippen LogP contribution in [0.3, 0.4) is 0 Å². The van der Waals surface area contributed by atoms with Crippen molar-refractivity contribution in [2.75, 3.05) is 43.9 Å². The molecule has 0 bridgehead atoms. The van der Waals surface area contributed by atoms with E-state index >= 15 is 0 Å². The number of aromatic nitrogens is 2. The van der Waals surface area contributed by atoms with E-state index in [1.807, 2.05) is 24.4 Å². The number of anilines is 2. The topological polar surface area (TPSA) is 58.3 Å². The molecule has 5 heteroatoms. The van der Waals surface area contributed by atoms with Crippen LogP contribution in [-0.2, 0) is 0 Å². The SMILES string of the molecule is CN1CCN(c2cnc(N)nc2-c2ccccc2)CC1. The van der Waals surface area contributed by atoms with E-state index < -0.39 is 0 Å². The lowest BCUT2D eigenvalue weighted by molar-refractivity contribution is 0.313. The van der Waals surface area contributed by atoms with Crippen molar-refractivity contribution < 1.29 is 0 Å². The van der Waals surface area contributed by atoms with Crippen LogP contribution in [0.4, 0.5) is 11.6 Å². The second-order valence-electron chi connectivity index (χ2n) is 5.12. The molecule has 104 valence electrons. The van der Waals surface area contributed by atoms with E-state index in [9.17, 15) is 0 Å². The first-order valence-corrected chi connectivity index (χ1v) is 6.85. The van der Waals surface area contributed by atoms with Gasteiger partial charge in [0.05, 0.1) is 17.6 Å². The Kier molecular flexibility index (Phi) is 3.52. The van der Waals surface area contributed by atoms with Crippen molar-refractivity contribution in [3.63, 3.8) is 0 Å². The molecule has 0 spiro atoms. The zero-order chi connectivity index (χ0) is 13.9. The minimum absolute atomic E-state index is 0.321. The third-order valence-corrected chi connectivity index (χ3v) is 3.68. The number of rotatable bonds is 2. The molecule has 0 amide bonds. The van der Waals surface area contributed by atoms with Crippen molar-refractivity contribution in [3.8, 4) is 11.3 Å². The number of hydrogen-bond donors (Lipinski definition) is 1. The van der Waals surface area contributed by atoms with Crippen LogP contribution in [0.1, 0.15) is 0 Å². The van der Waals surface area contributed by atoms with Gasteiger partial charge in [0, 0.05) is 31.7 Å². The number of hydrogen-bond acceptors (Lipinski definition) is 5. The molecule has 1 aromatic heterocycles. The lowest BCUT2D eigenvalue weighted by Gasteiger charge is -2.34. The molecule has 1 aliphatic rings. The van der Waals surface area contributed by atoms with Gasteiger partial charge in [-0.15, -0.1) is 0 Å². The predicted octanol–water partition coefficient (Wildman–Crippen LogP) is 1.48. The Hall–Kier alpha value is -2.14. The average molecular weight is 269 g/mol. The van der Waals surface area contributed by atoms with Crippen molar-refractivity contribution in [2.45, 2.75) is 0 Å². The summed E-state index contributed by atoms with van der Waals surface area (Å²) >= 11 is 0. The lowest BCUT2D eigenvalue weighted by atomic mass is 10.1. The van der Waals surface area contributed by atoms with Crippen molar-refractivity contribution in [3.05, 3.63) is 36.5 Å². The first-order chi connectivity index (χ1) is 9.74. The third-order valence-electron chi connectivity index (χ3n) is 3.68. The highest BCUT2D eigenvalue weighted by atomic mass is 15.3. The van der Waals surface area contributed by atoms with Gasteiger partial charge in [-0.1, -0.05) is 30.3 Å².